The lowest BCUT2D eigenvalue weighted by atomic mass is 9.98. The Morgan fingerprint density at radius 1 is 1.20 bits per heavy atom. The number of carbonyl (C=O) groups excluding carboxylic acids is 1. The number of carbonyl (C=O) groups is 1. The summed E-state index contributed by atoms with van der Waals surface area (Å²) < 4.78 is 34.2. The molecule has 1 amide bonds. The molecule has 1 aliphatic rings. The molecule has 182 valence electrons. The van der Waals surface area contributed by atoms with E-state index in [1.54, 1.807) is 53.6 Å². The first-order valence-corrected chi connectivity index (χ1v) is 13.9. The monoisotopic (exact) mass is 529 g/mol. The van der Waals surface area contributed by atoms with E-state index in [-0.39, 0.29) is 23.9 Å². The Labute approximate surface area is 213 Å². The Morgan fingerprint density at radius 2 is 2.00 bits per heavy atom. The van der Waals surface area contributed by atoms with Crippen molar-refractivity contribution in [2.75, 3.05) is 18.0 Å². The molecular formula is C25H24ClN3O4S2. The van der Waals surface area contributed by atoms with Crippen LogP contribution in [0, 0.1) is 12.8 Å². The van der Waals surface area contributed by atoms with E-state index in [1.807, 2.05) is 19.1 Å². The van der Waals surface area contributed by atoms with Gasteiger partial charge in [0.1, 0.15) is 5.76 Å². The molecule has 1 fully saturated rings. The third-order valence-electron chi connectivity index (χ3n) is 6.19. The maximum atomic E-state index is 13.9. The Morgan fingerprint density at radius 3 is 2.71 bits per heavy atom. The van der Waals surface area contributed by atoms with Gasteiger partial charge in [0.15, 0.2) is 5.13 Å². The molecule has 2 aromatic carbocycles. The molecule has 0 bridgehead atoms. The lowest BCUT2D eigenvalue weighted by Gasteiger charge is -2.33. The standard InChI is InChI=1S/C25H24ClN3O4S2/c1-17-11-12-21(26)23-22(17)27-25(34-23)29(16-19-8-6-14-33-19)24(30)18-7-5-13-28(15-18)35(31,32)20-9-3-2-4-10-20/h2-4,6,8-12,14,18H,5,7,13,15-16H2,1H3. The highest BCUT2D eigenvalue weighted by atomic mass is 35.5. The van der Waals surface area contributed by atoms with Gasteiger partial charge in [0, 0.05) is 13.1 Å². The van der Waals surface area contributed by atoms with Gasteiger partial charge in [0.2, 0.25) is 15.9 Å². The molecule has 4 aromatic rings. The summed E-state index contributed by atoms with van der Waals surface area (Å²) in [5.74, 6) is -0.0621. The van der Waals surface area contributed by atoms with Gasteiger partial charge >= 0.3 is 0 Å². The summed E-state index contributed by atoms with van der Waals surface area (Å²) in [6.07, 6.45) is 2.76. The number of hydrogen-bond acceptors (Lipinski definition) is 6. The second kappa shape index (κ2) is 9.73. The first-order valence-electron chi connectivity index (χ1n) is 11.3. The third-order valence-corrected chi connectivity index (χ3v) is 9.61. The molecule has 3 heterocycles. The molecule has 0 N–H and O–H groups in total. The van der Waals surface area contributed by atoms with Crippen LogP contribution in [0.25, 0.3) is 10.2 Å². The minimum absolute atomic E-state index is 0.120. The van der Waals surface area contributed by atoms with Crippen molar-refractivity contribution in [3.8, 4) is 0 Å². The molecular weight excluding hydrogens is 506 g/mol. The summed E-state index contributed by atoms with van der Waals surface area (Å²) in [5, 5.41) is 1.10. The van der Waals surface area contributed by atoms with Crippen molar-refractivity contribution in [1.82, 2.24) is 9.29 Å². The van der Waals surface area contributed by atoms with E-state index >= 15 is 0 Å². The van der Waals surface area contributed by atoms with Crippen molar-refractivity contribution < 1.29 is 17.6 Å². The molecule has 0 aliphatic carbocycles. The molecule has 7 nitrogen and oxygen atoms in total. The summed E-state index contributed by atoms with van der Waals surface area (Å²) in [6.45, 7) is 2.66. The number of halogens is 1. The average Bonchev–Trinajstić information content (AvgIpc) is 3.56. The Hall–Kier alpha value is -2.72. The van der Waals surface area contributed by atoms with Crippen molar-refractivity contribution in [2.24, 2.45) is 5.92 Å². The lowest BCUT2D eigenvalue weighted by molar-refractivity contribution is -0.123. The summed E-state index contributed by atoms with van der Waals surface area (Å²) in [6, 6.07) is 15.6. The van der Waals surface area contributed by atoms with E-state index in [9.17, 15) is 13.2 Å². The predicted octanol–water partition coefficient (Wildman–Crippen LogP) is 5.49. The van der Waals surface area contributed by atoms with Gasteiger partial charge in [-0.1, -0.05) is 47.2 Å². The van der Waals surface area contributed by atoms with Crippen LogP contribution >= 0.6 is 22.9 Å². The number of anilines is 1. The molecule has 0 radical (unpaired) electrons. The number of piperidine rings is 1. The zero-order valence-electron chi connectivity index (χ0n) is 19.1. The van der Waals surface area contributed by atoms with Crippen LogP contribution in [0.5, 0.6) is 0 Å². The fourth-order valence-corrected chi connectivity index (χ4v) is 7.19. The number of amides is 1. The van der Waals surface area contributed by atoms with E-state index in [0.717, 1.165) is 15.8 Å². The quantitative estimate of drug-likeness (QED) is 0.330. The second-order valence-electron chi connectivity index (χ2n) is 8.56. The summed E-state index contributed by atoms with van der Waals surface area (Å²) in [7, 11) is -3.69. The molecule has 1 aliphatic heterocycles. The number of nitrogens with zero attached hydrogens (tertiary/aromatic N) is 3. The van der Waals surface area contributed by atoms with Gasteiger partial charge in [0.25, 0.3) is 0 Å². The van der Waals surface area contributed by atoms with Crippen LogP contribution in [0.4, 0.5) is 5.13 Å². The second-order valence-corrected chi connectivity index (χ2v) is 11.9. The third kappa shape index (κ3) is 4.73. The number of benzene rings is 2. The minimum Gasteiger partial charge on any atom is -0.467 e. The number of sulfonamides is 1. The molecule has 2 aromatic heterocycles. The van der Waals surface area contributed by atoms with E-state index in [1.165, 1.54) is 15.6 Å². The fourth-order valence-electron chi connectivity index (χ4n) is 4.33. The number of aryl methyl sites for hydroxylation is 1. The van der Waals surface area contributed by atoms with Crippen LogP contribution in [0.15, 0.2) is 70.2 Å². The highest BCUT2D eigenvalue weighted by molar-refractivity contribution is 7.89. The van der Waals surface area contributed by atoms with Crippen LogP contribution < -0.4 is 4.90 Å². The largest absolute Gasteiger partial charge is 0.467 e. The number of fused-ring (bicyclic) bond motifs is 1. The van der Waals surface area contributed by atoms with E-state index in [2.05, 4.69) is 0 Å². The van der Waals surface area contributed by atoms with E-state index in [4.69, 9.17) is 21.0 Å². The zero-order chi connectivity index (χ0) is 24.6. The average molecular weight is 530 g/mol. The van der Waals surface area contributed by atoms with Crippen molar-refractivity contribution in [1.29, 1.82) is 0 Å². The van der Waals surface area contributed by atoms with Crippen molar-refractivity contribution >= 4 is 54.2 Å². The van der Waals surface area contributed by atoms with Crippen LogP contribution in [0.1, 0.15) is 24.2 Å². The van der Waals surface area contributed by atoms with Gasteiger partial charge in [-0.05, 0) is 55.7 Å². The van der Waals surface area contributed by atoms with Gasteiger partial charge in [-0.25, -0.2) is 13.4 Å². The number of furan rings is 1. The van der Waals surface area contributed by atoms with E-state index in [0.29, 0.717) is 35.3 Å². The summed E-state index contributed by atoms with van der Waals surface area (Å²) in [4.78, 5) is 20.5. The molecule has 0 saturated carbocycles. The number of hydrogen-bond donors (Lipinski definition) is 0. The number of rotatable bonds is 6. The van der Waals surface area contributed by atoms with Gasteiger partial charge in [-0.3, -0.25) is 9.69 Å². The SMILES string of the molecule is Cc1ccc(Cl)c2sc(N(Cc3ccco3)C(=O)C3CCCN(S(=O)(=O)c4ccccc4)C3)nc12. The summed E-state index contributed by atoms with van der Waals surface area (Å²) in [5.41, 5.74) is 1.72. The maximum absolute atomic E-state index is 13.9. The maximum Gasteiger partial charge on any atom is 0.243 e. The van der Waals surface area contributed by atoms with Crippen LogP contribution in [0.3, 0.4) is 0 Å². The van der Waals surface area contributed by atoms with E-state index < -0.39 is 15.9 Å². The molecule has 1 atom stereocenters. The minimum atomic E-state index is -3.69. The lowest BCUT2D eigenvalue weighted by Crippen LogP contribution is -2.46. The normalized spacial score (nSPS) is 17.0. The Bertz CT molecular complexity index is 1410. The Balaban J connectivity index is 1.47. The highest BCUT2D eigenvalue weighted by Gasteiger charge is 2.36. The topological polar surface area (TPSA) is 83.7 Å². The molecule has 10 heteroatoms. The van der Waals surface area contributed by atoms with Gasteiger partial charge in [-0.15, -0.1) is 0 Å². The summed E-state index contributed by atoms with van der Waals surface area (Å²) >= 11 is 7.77. The van der Waals surface area contributed by atoms with Gasteiger partial charge in [-0.2, -0.15) is 4.31 Å². The van der Waals surface area contributed by atoms with Crippen LogP contribution in [-0.4, -0.2) is 36.7 Å². The molecule has 1 saturated heterocycles. The molecule has 35 heavy (non-hydrogen) atoms. The first kappa shape index (κ1) is 24.0. The van der Waals surface area contributed by atoms with Crippen LogP contribution in [0.2, 0.25) is 5.02 Å². The highest BCUT2D eigenvalue weighted by Crippen LogP contribution is 2.37. The molecule has 0 spiro atoms. The van der Waals surface area contributed by atoms with Crippen molar-refractivity contribution in [3.05, 3.63) is 77.2 Å². The van der Waals surface area contributed by atoms with Crippen molar-refractivity contribution in [2.45, 2.75) is 31.2 Å². The van der Waals surface area contributed by atoms with Gasteiger partial charge < -0.3 is 4.42 Å². The molecule has 1 unspecified atom stereocenters. The number of thiazole rings is 1. The fraction of sp³-hybridized carbons (Fsp3) is 0.280. The predicted molar refractivity (Wildman–Crippen MR) is 137 cm³/mol. The zero-order valence-corrected chi connectivity index (χ0v) is 21.4. The smallest absolute Gasteiger partial charge is 0.243 e. The van der Waals surface area contributed by atoms with Crippen LogP contribution in [-0.2, 0) is 21.4 Å². The first-order chi connectivity index (χ1) is 16.8. The van der Waals surface area contributed by atoms with Crippen molar-refractivity contribution in [3.63, 3.8) is 0 Å². The Kier molecular flexibility index (Phi) is 6.67. The van der Waals surface area contributed by atoms with Gasteiger partial charge in [0.05, 0.1) is 38.9 Å². The molecule has 5 rings (SSSR count). The number of aromatic nitrogens is 1.